The van der Waals surface area contributed by atoms with Gasteiger partial charge < -0.3 is 26.0 Å². The first kappa shape index (κ1) is 21.1. The van der Waals surface area contributed by atoms with Crippen molar-refractivity contribution >= 4 is 11.9 Å². The summed E-state index contributed by atoms with van der Waals surface area (Å²) in [5.41, 5.74) is 5.45. The number of hydrogen-bond acceptors (Lipinski definition) is 4. The molecule has 0 aromatic heterocycles. The lowest BCUT2D eigenvalue weighted by Crippen LogP contribution is -2.59. The molecule has 3 aliphatic rings. The van der Waals surface area contributed by atoms with E-state index in [0.717, 1.165) is 44.9 Å². The SMILES string of the molecule is CNC1(c2ccccc2)CCC2(CC1)CN(CCC(N)=O)C(=O)N2CC1(O)CCC1. The normalized spacial score (nSPS) is 30.5. The van der Waals surface area contributed by atoms with E-state index in [2.05, 4.69) is 29.6 Å². The van der Waals surface area contributed by atoms with Gasteiger partial charge in [-0.3, -0.25) is 4.79 Å². The Morgan fingerprint density at radius 2 is 1.80 bits per heavy atom. The molecule has 0 bridgehead atoms. The molecule has 1 spiro atoms. The Kier molecular flexibility index (Phi) is 5.53. The molecule has 2 aliphatic carbocycles. The summed E-state index contributed by atoms with van der Waals surface area (Å²) in [6.45, 7) is 1.33. The number of rotatable bonds is 7. The number of carbonyl (C=O) groups is 2. The Balaban J connectivity index is 1.56. The minimum atomic E-state index is -0.765. The topological polar surface area (TPSA) is 98.9 Å². The number of nitrogens with zero attached hydrogens (tertiary/aromatic N) is 2. The molecule has 30 heavy (non-hydrogen) atoms. The molecule has 1 aliphatic heterocycles. The van der Waals surface area contributed by atoms with E-state index >= 15 is 0 Å². The molecule has 7 nitrogen and oxygen atoms in total. The third kappa shape index (κ3) is 3.69. The van der Waals surface area contributed by atoms with Crippen molar-refractivity contribution in [3.63, 3.8) is 0 Å². The second-order valence-corrected chi connectivity index (χ2v) is 9.51. The quantitative estimate of drug-likeness (QED) is 0.635. The number of β-amino-alcohol motifs (C(OH)–C–C–N with tert-alkyl or cyclic N) is 1. The van der Waals surface area contributed by atoms with E-state index in [4.69, 9.17) is 5.73 Å². The van der Waals surface area contributed by atoms with Gasteiger partial charge in [0.05, 0.1) is 17.7 Å². The lowest BCUT2D eigenvalue weighted by Gasteiger charge is -2.50. The van der Waals surface area contributed by atoms with Crippen molar-refractivity contribution in [1.29, 1.82) is 0 Å². The summed E-state index contributed by atoms with van der Waals surface area (Å²) in [6, 6.07) is 10.5. The fraction of sp³-hybridized carbons (Fsp3) is 0.652. The van der Waals surface area contributed by atoms with Crippen molar-refractivity contribution in [1.82, 2.24) is 15.1 Å². The maximum absolute atomic E-state index is 13.3. The minimum Gasteiger partial charge on any atom is -0.388 e. The summed E-state index contributed by atoms with van der Waals surface area (Å²) in [6.07, 6.45) is 6.23. The van der Waals surface area contributed by atoms with Gasteiger partial charge in [0.25, 0.3) is 0 Å². The highest BCUT2D eigenvalue weighted by atomic mass is 16.3. The molecular weight excluding hydrogens is 380 g/mol. The third-order valence-corrected chi connectivity index (χ3v) is 7.76. The van der Waals surface area contributed by atoms with E-state index in [1.165, 1.54) is 5.56 Å². The van der Waals surface area contributed by atoms with Crippen LogP contribution in [-0.2, 0) is 10.3 Å². The number of hydrogen-bond donors (Lipinski definition) is 3. The molecule has 2 saturated carbocycles. The number of benzene rings is 1. The second-order valence-electron chi connectivity index (χ2n) is 9.51. The van der Waals surface area contributed by atoms with Gasteiger partial charge in [0.2, 0.25) is 5.91 Å². The van der Waals surface area contributed by atoms with E-state index < -0.39 is 11.5 Å². The first-order valence-corrected chi connectivity index (χ1v) is 11.1. The summed E-state index contributed by atoms with van der Waals surface area (Å²) >= 11 is 0. The molecular formula is C23H34N4O3. The van der Waals surface area contributed by atoms with Crippen LogP contribution < -0.4 is 11.1 Å². The van der Waals surface area contributed by atoms with Gasteiger partial charge in [-0.15, -0.1) is 0 Å². The summed E-state index contributed by atoms with van der Waals surface area (Å²) in [4.78, 5) is 28.3. The van der Waals surface area contributed by atoms with Gasteiger partial charge >= 0.3 is 6.03 Å². The summed E-state index contributed by atoms with van der Waals surface area (Å²) in [5, 5.41) is 14.4. The lowest BCUT2D eigenvalue weighted by atomic mass is 9.68. The smallest absolute Gasteiger partial charge is 0.320 e. The molecule has 7 heteroatoms. The zero-order valence-corrected chi connectivity index (χ0v) is 17.9. The Hall–Kier alpha value is -2.12. The van der Waals surface area contributed by atoms with Crippen LogP contribution in [0.3, 0.4) is 0 Å². The van der Waals surface area contributed by atoms with Crippen LogP contribution in [0.4, 0.5) is 4.79 Å². The van der Waals surface area contributed by atoms with Crippen molar-refractivity contribution in [3.8, 4) is 0 Å². The molecule has 1 aromatic rings. The van der Waals surface area contributed by atoms with Crippen molar-refractivity contribution in [2.45, 2.75) is 68.0 Å². The van der Waals surface area contributed by atoms with E-state index in [-0.39, 0.29) is 23.5 Å². The largest absolute Gasteiger partial charge is 0.388 e. The first-order chi connectivity index (χ1) is 14.3. The monoisotopic (exact) mass is 414 g/mol. The molecule has 1 aromatic carbocycles. The van der Waals surface area contributed by atoms with Gasteiger partial charge in [0, 0.05) is 25.0 Å². The van der Waals surface area contributed by atoms with Gasteiger partial charge in [0.15, 0.2) is 0 Å². The maximum Gasteiger partial charge on any atom is 0.320 e. The fourth-order valence-corrected chi connectivity index (χ4v) is 5.58. The van der Waals surface area contributed by atoms with Gasteiger partial charge in [-0.05, 0) is 57.6 Å². The minimum absolute atomic E-state index is 0.0618. The molecule has 1 heterocycles. The number of urea groups is 1. The second kappa shape index (κ2) is 7.85. The van der Waals surface area contributed by atoms with E-state index in [9.17, 15) is 14.7 Å². The lowest BCUT2D eigenvalue weighted by molar-refractivity contribution is -0.118. The van der Waals surface area contributed by atoms with Crippen LogP contribution >= 0.6 is 0 Å². The zero-order chi connectivity index (χ0) is 21.4. The van der Waals surface area contributed by atoms with Gasteiger partial charge in [-0.2, -0.15) is 0 Å². The highest BCUT2D eigenvalue weighted by Gasteiger charge is 2.55. The van der Waals surface area contributed by atoms with Crippen LogP contribution in [0.5, 0.6) is 0 Å². The number of nitrogens with one attached hydrogen (secondary N) is 1. The Morgan fingerprint density at radius 3 is 2.33 bits per heavy atom. The van der Waals surface area contributed by atoms with Crippen molar-refractivity contribution in [3.05, 3.63) is 35.9 Å². The van der Waals surface area contributed by atoms with Crippen LogP contribution in [0.25, 0.3) is 0 Å². The summed E-state index contributed by atoms with van der Waals surface area (Å²) < 4.78 is 0. The van der Waals surface area contributed by atoms with Gasteiger partial charge in [-0.1, -0.05) is 30.3 Å². The molecule has 4 N–H and O–H groups in total. The first-order valence-electron chi connectivity index (χ1n) is 11.1. The average molecular weight is 415 g/mol. The van der Waals surface area contributed by atoms with Crippen LogP contribution in [0, 0.1) is 0 Å². The number of aliphatic hydroxyl groups is 1. The fourth-order valence-electron chi connectivity index (χ4n) is 5.58. The van der Waals surface area contributed by atoms with Gasteiger partial charge in [-0.25, -0.2) is 4.79 Å². The van der Waals surface area contributed by atoms with Crippen molar-refractivity contribution in [2.75, 3.05) is 26.7 Å². The average Bonchev–Trinajstić information content (AvgIpc) is 2.98. The zero-order valence-electron chi connectivity index (χ0n) is 17.9. The predicted octanol–water partition coefficient (Wildman–Crippen LogP) is 1.94. The van der Waals surface area contributed by atoms with Crippen LogP contribution in [0.2, 0.25) is 0 Å². The molecule has 0 unspecified atom stereocenters. The summed E-state index contributed by atoms with van der Waals surface area (Å²) in [5.74, 6) is -0.394. The number of carbonyl (C=O) groups excluding carboxylic acids is 2. The maximum atomic E-state index is 13.3. The standard InChI is InChI=1S/C23H34N4O3/c1-25-23(18-6-3-2-4-7-18)13-11-21(12-14-23)16-26(15-8-19(24)28)20(29)27(21)17-22(30)9-5-10-22/h2-4,6-7,25,30H,5,8-17H2,1H3,(H2,24,28). The van der Waals surface area contributed by atoms with Crippen LogP contribution in [-0.4, -0.2) is 64.7 Å². The van der Waals surface area contributed by atoms with E-state index in [1.807, 2.05) is 18.0 Å². The number of primary amides is 1. The van der Waals surface area contributed by atoms with Crippen LogP contribution in [0.15, 0.2) is 30.3 Å². The van der Waals surface area contributed by atoms with Crippen LogP contribution in [0.1, 0.15) is 56.9 Å². The predicted molar refractivity (Wildman–Crippen MR) is 115 cm³/mol. The molecule has 0 atom stereocenters. The Bertz CT molecular complexity index is 785. The van der Waals surface area contributed by atoms with Crippen molar-refractivity contribution in [2.24, 2.45) is 5.73 Å². The molecule has 164 valence electrons. The number of amides is 3. The highest BCUT2D eigenvalue weighted by molar-refractivity contribution is 5.80. The molecule has 4 rings (SSSR count). The highest BCUT2D eigenvalue weighted by Crippen LogP contribution is 2.48. The van der Waals surface area contributed by atoms with E-state index in [1.54, 1.807) is 4.90 Å². The molecule has 0 radical (unpaired) electrons. The Labute approximate surface area is 178 Å². The van der Waals surface area contributed by atoms with Gasteiger partial charge in [0.1, 0.15) is 0 Å². The van der Waals surface area contributed by atoms with E-state index in [0.29, 0.717) is 19.6 Å². The Morgan fingerprint density at radius 1 is 1.13 bits per heavy atom. The number of nitrogens with two attached hydrogens (primary N) is 1. The molecule has 1 saturated heterocycles. The summed E-state index contributed by atoms with van der Waals surface area (Å²) in [7, 11) is 2.01. The third-order valence-electron chi connectivity index (χ3n) is 7.76. The van der Waals surface area contributed by atoms with Crippen molar-refractivity contribution < 1.29 is 14.7 Å². The molecule has 3 amide bonds. The molecule has 3 fully saturated rings.